The fourth-order valence-corrected chi connectivity index (χ4v) is 0.623. The lowest BCUT2D eigenvalue weighted by molar-refractivity contribution is -0.142. The molecule has 12 heavy (non-hydrogen) atoms. The summed E-state index contributed by atoms with van der Waals surface area (Å²) in [7, 11) is 0. The number of carbonyl (C=O) groups is 1. The van der Waals surface area contributed by atoms with Gasteiger partial charge in [0.15, 0.2) is 0 Å². The van der Waals surface area contributed by atoms with E-state index in [-0.39, 0.29) is 11.4 Å². The average Bonchev–Trinajstić information content (AvgIpc) is 1.83. The molecule has 3 heteroatoms. The Kier molecular flexibility index (Phi) is 4.90. The third-order valence-electron chi connectivity index (χ3n) is 1.07. The first-order valence-corrected chi connectivity index (χ1v) is 4.13. The van der Waals surface area contributed by atoms with Gasteiger partial charge in [-0.15, -0.1) is 0 Å². The second-order valence-electron chi connectivity index (χ2n) is 3.95. The summed E-state index contributed by atoms with van der Waals surface area (Å²) in [4.78, 5) is 10.3. The molecule has 3 nitrogen and oxygen atoms in total. The van der Waals surface area contributed by atoms with Crippen molar-refractivity contribution in [3.8, 4) is 0 Å². The highest BCUT2D eigenvalue weighted by molar-refractivity contribution is 5.65. The molecule has 0 aliphatic heterocycles. The molecule has 0 N–H and O–H groups in total. The molecular weight excluding hydrogens is 156 g/mol. The number of ether oxygens (including phenoxy) is 2. The molecule has 0 aliphatic carbocycles. The Bertz CT molecular complexity index is 135. The van der Waals surface area contributed by atoms with Crippen LogP contribution in [-0.2, 0) is 14.3 Å². The molecule has 0 aromatic rings. The van der Waals surface area contributed by atoms with Gasteiger partial charge in [0.25, 0.3) is 0 Å². The van der Waals surface area contributed by atoms with Gasteiger partial charge in [-0.3, -0.25) is 4.79 Å². The summed E-state index contributed by atoms with van der Waals surface area (Å²) >= 11 is 0. The molecule has 72 valence electrons. The van der Waals surface area contributed by atoms with E-state index in [1.165, 1.54) is 6.92 Å². The van der Waals surface area contributed by atoms with Crippen LogP contribution < -0.4 is 0 Å². The third-order valence-corrected chi connectivity index (χ3v) is 1.07. The van der Waals surface area contributed by atoms with Gasteiger partial charge < -0.3 is 9.47 Å². The van der Waals surface area contributed by atoms with E-state index in [4.69, 9.17) is 9.47 Å². The van der Waals surface area contributed by atoms with Crippen LogP contribution in [0, 0.1) is 5.41 Å². The summed E-state index contributed by atoms with van der Waals surface area (Å²) in [6, 6.07) is 0. The lowest BCUT2D eigenvalue weighted by Gasteiger charge is -2.17. The van der Waals surface area contributed by atoms with Crippen LogP contribution in [0.1, 0.15) is 27.7 Å². The lowest BCUT2D eigenvalue weighted by Crippen LogP contribution is -2.17. The van der Waals surface area contributed by atoms with Crippen LogP contribution in [-0.4, -0.2) is 25.8 Å². The molecule has 0 fully saturated rings. The number of carbonyl (C=O) groups excluding carboxylic acids is 1. The largest absolute Gasteiger partial charge is 0.463 e. The second kappa shape index (κ2) is 5.14. The van der Waals surface area contributed by atoms with Gasteiger partial charge in [0.2, 0.25) is 0 Å². The molecule has 0 spiro atoms. The van der Waals surface area contributed by atoms with E-state index in [2.05, 4.69) is 20.8 Å². The van der Waals surface area contributed by atoms with Gasteiger partial charge in [-0.2, -0.15) is 0 Å². The van der Waals surface area contributed by atoms with Gasteiger partial charge >= 0.3 is 5.97 Å². The Morgan fingerprint density at radius 1 is 1.25 bits per heavy atom. The van der Waals surface area contributed by atoms with Crippen molar-refractivity contribution in [1.29, 1.82) is 0 Å². The van der Waals surface area contributed by atoms with Gasteiger partial charge in [-0.25, -0.2) is 0 Å². The topological polar surface area (TPSA) is 35.5 Å². The Morgan fingerprint density at radius 3 is 2.25 bits per heavy atom. The van der Waals surface area contributed by atoms with Crippen molar-refractivity contribution in [1.82, 2.24) is 0 Å². The minimum Gasteiger partial charge on any atom is -0.463 e. The van der Waals surface area contributed by atoms with E-state index in [9.17, 15) is 4.79 Å². The molecule has 0 radical (unpaired) electrons. The highest BCUT2D eigenvalue weighted by Crippen LogP contribution is 2.12. The molecule has 0 saturated heterocycles. The number of esters is 1. The Hall–Kier alpha value is -0.570. The first-order chi connectivity index (χ1) is 5.42. The van der Waals surface area contributed by atoms with Gasteiger partial charge in [-0.1, -0.05) is 20.8 Å². The van der Waals surface area contributed by atoms with E-state index in [1.807, 2.05) is 0 Å². The van der Waals surface area contributed by atoms with Crippen molar-refractivity contribution in [2.75, 3.05) is 19.8 Å². The summed E-state index contributed by atoms with van der Waals surface area (Å²) in [6.07, 6.45) is 0. The molecule has 0 saturated carbocycles. The second-order valence-corrected chi connectivity index (χ2v) is 3.95. The highest BCUT2D eigenvalue weighted by atomic mass is 16.6. The van der Waals surface area contributed by atoms with E-state index >= 15 is 0 Å². The summed E-state index contributed by atoms with van der Waals surface area (Å²) in [5, 5.41) is 0. The molecule has 0 heterocycles. The normalized spacial score (nSPS) is 11.3. The molecule has 0 unspecified atom stereocenters. The Balaban J connectivity index is 3.17. The molecule has 0 bridgehead atoms. The summed E-state index contributed by atoms with van der Waals surface area (Å²) < 4.78 is 9.96. The van der Waals surface area contributed by atoms with E-state index in [0.29, 0.717) is 19.8 Å². The molecule has 0 atom stereocenters. The van der Waals surface area contributed by atoms with Crippen molar-refractivity contribution >= 4 is 5.97 Å². The zero-order valence-electron chi connectivity index (χ0n) is 8.35. The van der Waals surface area contributed by atoms with Crippen LogP contribution in [0.5, 0.6) is 0 Å². The Labute approximate surface area is 74.0 Å². The number of rotatable bonds is 4. The number of hydrogen-bond acceptors (Lipinski definition) is 3. The predicted molar refractivity (Wildman–Crippen MR) is 46.9 cm³/mol. The van der Waals surface area contributed by atoms with Crippen LogP contribution in [0.25, 0.3) is 0 Å². The Morgan fingerprint density at radius 2 is 1.83 bits per heavy atom. The third kappa shape index (κ3) is 9.43. The molecule has 0 amide bonds. The molecular formula is C9H18O3. The van der Waals surface area contributed by atoms with Gasteiger partial charge in [0.1, 0.15) is 6.61 Å². The molecule has 0 aromatic heterocycles. The van der Waals surface area contributed by atoms with Crippen molar-refractivity contribution in [3.05, 3.63) is 0 Å². The van der Waals surface area contributed by atoms with Crippen molar-refractivity contribution in [3.63, 3.8) is 0 Å². The molecule has 0 aliphatic rings. The van der Waals surface area contributed by atoms with Crippen LogP contribution in [0.2, 0.25) is 0 Å². The lowest BCUT2D eigenvalue weighted by atomic mass is 9.99. The van der Waals surface area contributed by atoms with Crippen LogP contribution in [0.3, 0.4) is 0 Å². The molecule has 0 aromatic carbocycles. The summed E-state index contributed by atoms with van der Waals surface area (Å²) in [5.74, 6) is -0.255. The average molecular weight is 174 g/mol. The van der Waals surface area contributed by atoms with E-state index in [1.54, 1.807) is 0 Å². The summed E-state index contributed by atoms with van der Waals surface area (Å²) in [6.45, 7) is 9.21. The number of hydrogen-bond donors (Lipinski definition) is 0. The maximum Gasteiger partial charge on any atom is 0.302 e. The zero-order chi connectivity index (χ0) is 9.61. The van der Waals surface area contributed by atoms with Crippen molar-refractivity contribution in [2.24, 2.45) is 5.41 Å². The standard InChI is InChI=1S/C9H18O3/c1-8(10)12-6-5-11-7-9(2,3)4/h5-7H2,1-4H3. The van der Waals surface area contributed by atoms with Crippen LogP contribution in [0.15, 0.2) is 0 Å². The smallest absolute Gasteiger partial charge is 0.302 e. The highest BCUT2D eigenvalue weighted by Gasteiger charge is 2.09. The quantitative estimate of drug-likeness (QED) is 0.480. The fourth-order valence-electron chi connectivity index (χ4n) is 0.623. The maximum atomic E-state index is 10.3. The molecule has 0 rings (SSSR count). The van der Waals surface area contributed by atoms with Gasteiger partial charge in [0.05, 0.1) is 13.2 Å². The summed E-state index contributed by atoms with van der Waals surface area (Å²) in [5.41, 5.74) is 0.177. The van der Waals surface area contributed by atoms with Gasteiger partial charge in [-0.05, 0) is 5.41 Å². The first kappa shape index (κ1) is 11.4. The monoisotopic (exact) mass is 174 g/mol. The minimum atomic E-state index is -0.255. The van der Waals surface area contributed by atoms with E-state index in [0.717, 1.165) is 0 Å². The van der Waals surface area contributed by atoms with Gasteiger partial charge in [0, 0.05) is 6.92 Å². The van der Waals surface area contributed by atoms with Crippen molar-refractivity contribution in [2.45, 2.75) is 27.7 Å². The van der Waals surface area contributed by atoms with Crippen LogP contribution in [0.4, 0.5) is 0 Å². The first-order valence-electron chi connectivity index (χ1n) is 4.13. The van der Waals surface area contributed by atoms with E-state index < -0.39 is 0 Å². The minimum absolute atomic E-state index is 0.177. The fraction of sp³-hybridized carbons (Fsp3) is 0.889. The zero-order valence-corrected chi connectivity index (χ0v) is 8.35. The predicted octanol–water partition coefficient (Wildman–Crippen LogP) is 1.61. The SMILES string of the molecule is CC(=O)OCCOCC(C)(C)C. The van der Waals surface area contributed by atoms with Crippen molar-refractivity contribution < 1.29 is 14.3 Å². The van der Waals surface area contributed by atoms with Crippen LogP contribution >= 0.6 is 0 Å². The maximum absolute atomic E-state index is 10.3.